The summed E-state index contributed by atoms with van der Waals surface area (Å²) in [4.78, 5) is 8.22. The maximum Gasteiger partial charge on any atom is 0.222 e. The van der Waals surface area contributed by atoms with Crippen molar-refractivity contribution in [2.75, 3.05) is 31.6 Å². The van der Waals surface area contributed by atoms with Gasteiger partial charge < -0.3 is 20.1 Å². The number of nitrogens with one attached hydrogen (secondary N) is 2. The van der Waals surface area contributed by atoms with E-state index in [2.05, 4.69) is 20.6 Å². The Morgan fingerprint density at radius 1 is 1.05 bits per heavy atom. The number of para-hydroxylation sites is 2. The molecule has 0 radical (unpaired) electrons. The van der Waals surface area contributed by atoms with Crippen molar-refractivity contribution in [1.82, 2.24) is 15.3 Å². The van der Waals surface area contributed by atoms with Crippen LogP contribution in [0.2, 0.25) is 0 Å². The fraction of sp³-hybridized carbons (Fsp3) is 0.375. The monoisotopic (exact) mass is 300 g/mol. The number of hydrogen-bond acceptors (Lipinski definition) is 6. The highest BCUT2D eigenvalue weighted by atomic mass is 16.6. The number of hydrogen-bond donors (Lipinski definition) is 2. The van der Waals surface area contributed by atoms with Crippen LogP contribution in [0.5, 0.6) is 11.5 Å². The van der Waals surface area contributed by atoms with E-state index in [1.54, 1.807) is 18.5 Å². The lowest BCUT2D eigenvalue weighted by atomic mass is 10.2. The van der Waals surface area contributed by atoms with Crippen molar-refractivity contribution in [3.63, 3.8) is 0 Å². The van der Waals surface area contributed by atoms with Gasteiger partial charge in [0.15, 0.2) is 11.5 Å². The van der Waals surface area contributed by atoms with Crippen LogP contribution in [-0.2, 0) is 0 Å². The number of fused-ring (bicyclic) bond motifs is 1. The van der Waals surface area contributed by atoms with Gasteiger partial charge in [-0.1, -0.05) is 12.1 Å². The maximum atomic E-state index is 5.88. The topological polar surface area (TPSA) is 68.3 Å². The van der Waals surface area contributed by atoms with Crippen molar-refractivity contribution in [3.05, 3.63) is 42.7 Å². The van der Waals surface area contributed by atoms with E-state index in [9.17, 15) is 0 Å². The van der Waals surface area contributed by atoms with Crippen LogP contribution in [0.25, 0.3) is 0 Å². The van der Waals surface area contributed by atoms with Crippen LogP contribution < -0.4 is 20.1 Å². The third-order valence-electron chi connectivity index (χ3n) is 3.32. The molecule has 3 rings (SSSR count). The second-order valence-corrected chi connectivity index (χ2v) is 5.05. The van der Waals surface area contributed by atoms with Crippen LogP contribution >= 0.6 is 0 Å². The van der Waals surface area contributed by atoms with Crippen LogP contribution in [0.1, 0.15) is 6.42 Å². The molecule has 0 saturated carbocycles. The largest absolute Gasteiger partial charge is 0.486 e. The Hall–Kier alpha value is -2.34. The van der Waals surface area contributed by atoms with Gasteiger partial charge >= 0.3 is 0 Å². The van der Waals surface area contributed by atoms with Crippen molar-refractivity contribution in [1.29, 1.82) is 0 Å². The van der Waals surface area contributed by atoms with Gasteiger partial charge in [0.2, 0.25) is 5.95 Å². The molecule has 2 heterocycles. The summed E-state index contributed by atoms with van der Waals surface area (Å²) >= 11 is 0. The van der Waals surface area contributed by atoms with Gasteiger partial charge in [0.1, 0.15) is 12.7 Å². The summed E-state index contributed by atoms with van der Waals surface area (Å²) in [6, 6.07) is 9.57. The Bertz CT molecular complexity index is 579. The molecule has 0 bridgehead atoms. The summed E-state index contributed by atoms with van der Waals surface area (Å²) in [7, 11) is 0. The number of ether oxygens (including phenoxy) is 2. The zero-order valence-corrected chi connectivity index (χ0v) is 12.4. The first kappa shape index (κ1) is 14.6. The predicted octanol–water partition coefficient (Wildman–Crippen LogP) is 1.71. The van der Waals surface area contributed by atoms with E-state index < -0.39 is 0 Å². The summed E-state index contributed by atoms with van der Waals surface area (Å²) in [5.41, 5.74) is 0. The quantitative estimate of drug-likeness (QED) is 0.759. The lowest BCUT2D eigenvalue weighted by Crippen LogP contribution is -2.39. The maximum absolute atomic E-state index is 5.88. The third-order valence-corrected chi connectivity index (χ3v) is 3.32. The number of rotatable bonds is 7. The summed E-state index contributed by atoms with van der Waals surface area (Å²) in [5.74, 6) is 2.32. The first-order valence-electron chi connectivity index (χ1n) is 7.52. The molecule has 0 saturated heterocycles. The van der Waals surface area contributed by atoms with Crippen LogP contribution in [0.4, 0.5) is 5.95 Å². The molecule has 1 aromatic heterocycles. The van der Waals surface area contributed by atoms with Crippen molar-refractivity contribution < 1.29 is 9.47 Å². The van der Waals surface area contributed by atoms with Crippen LogP contribution in [-0.4, -0.2) is 42.3 Å². The summed E-state index contributed by atoms with van der Waals surface area (Å²) in [6.45, 7) is 3.10. The molecule has 0 amide bonds. The van der Waals surface area contributed by atoms with Gasteiger partial charge in [-0.15, -0.1) is 0 Å². The summed E-state index contributed by atoms with van der Waals surface area (Å²) in [5, 5.41) is 6.56. The SMILES string of the molecule is c1cnc(NCCCNCC2COc3ccccc3O2)nc1. The molecule has 2 N–H and O–H groups in total. The normalized spacial score (nSPS) is 16.3. The number of benzene rings is 1. The summed E-state index contributed by atoms with van der Waals surface area (Å²) in [6.07, 6.45) is 4.50. The minimum Gasteiger partial charge on any atom is -0.486 e. The Kier molecular flexibility index (Phi) is 5.04. The van der Waals surface area contributed by atoms with Crippen molar-refractivity contribution in [2.45, 2.75) is 12.5 Å². The fourth-order valence-corrected chi connectivity index (χ4v) is 2.23. The van der Waals surface area contributed by atoms with Crippen molar-refractivity contribution in [2.24, 2.45) is 0 Å². The van der Waals surface area contributed by atoms with E-state index in [-0.39, 0.29) is 6.10 Å². The number of aromatic nitrogens is 2. The molecular formula is C16H20N4O2. The minimum absolute atomic E-state index is 0.0558. The molecule has 1 aliphatic rings. The second kappa shape index (κ2) is 7.61. The molecule has 116 valence electrons. The Morgan fingerprint density at radius 3 is 2.73 bits per heavy atom. The van der Waals surface area contributed by atoms with E-state index in [1.807, 2.05) is 24.3 Å². The molecular weight excluding hydrogens is 280 g/mol. The highest BCUT2D eigenvalue weighted by molar-refractivity contribution is 5.40. The zero-order valence-electron chi connectivity index (χ0n) is 12.4. The molecule has 0 spiro atoms. The molecule has 0 aliphatic carbocycles. The number of anilines is 1. The average Bonchev–Trinajstić information content (AvgIpc) is 2.59. The van der Waals surface area contributed by atoms with Gasteiger partial charge in [0.25, 0.3) is 0 Å². The Morgan fingerprint density at radius 2 is 1.86 bits per heavy atom. The highest BCUT2D eigenvalue weighted by Crippen LogP contribution is 2.30. The molecule has 1 unspecified atom stereocenters. The second-order valence-electron chi connectivity index (χ2n) is 5.05. The van der Waals surface area contributed by atoms with E-state index in [0.29, 0.717) is 12.6 Å². The standard InChI is InChI=1S/C16H20N4O2/c1-2-6-15-14(5-1)21-12-13(22-15)11-17-7-3-8-18-16-19-9-4-10-20-16/h1-2,4-6,9-10,13,17H,3,7-8,11-12H2,(H,18,19,20). The zero-order chi connectivity index (χ0) is 15.0. The molecule has 6 nitrogen and oxygen atoms in total. The molecule has 6 heteroatoms. The lowest BCUT2D eigenvalue weighted by molar-refractivity contribution is 0.0906. The molecule has 1 aliphatic heterocycles. The Labute approximate surface area is 129 Å². The Balaban J connectivity index is 1.30. The van der Waals surface area contributed by atoms with Crippen LogP contribution in [0.15, 0.2) is 42.7 Å². The van der Waals surface area contributed by atoms with Gasteiger partial charge in [-0.3, -0.25) is 0 Å². The molecule has 22 heavy (non-hydrogen) atoms. The average molecular weight is 300 g/mol. The van der Waals surface area contributed by atoms with Gasteiger partial charge in [-0.25, -0.2) is 9.97 Å². The molecule has 0 fully saturated rings. The molecule has 2 aromatic rings. The van der Waals surface area contributed by atoms with Crippen LogP contribution in [0.3, 0.4) is 0 Å². The fourth-order valence-electron chi connectivity index (χ4n) is 2.23. The predicted molar refractivity (Wildman–Crippen MR) is 84.4 cm³/mol. The van der Waals surface area contributed by atoms with Gasteiger partial charge in [0, 0.05) is 25.5 Å². The van der Waals surface area contributed by atoms with Gasteiger partial charge in [0.05, 0.1) is 0 Å². The smallest absolute Gasteiger partial charge is 0.222 e. The molecule has 1 aromatic carbocycles. The van der Waals surface area contributed by atoms with Gasteiger partial charge in [-0.2, -0.15) is 0 Å². The number of nitrogens with zero attached hydrogens (tertiary/aromatic N) is 2. The first-order chi connectivity index (χ1) is 10.9. The molecule has 1 atom stereocenters. The van der Waals surface area contributed by atoms with E-state index in [0.717, 1.165) is 37.6 Å². The third kappa shape index (κ3) is 4.08. The van der Waals surface area contributed by atoms with E-state index >= 15 is 0 Å². The van der Waals surface area contributed by atoms with Crippen molar-refractivity contribution >= 4 is 5.95 Å². The summed E-state index contributed by atoms with van der Waals surface area (Å²) < 4.78 is 11.6. The lowest BCUT2D eigenvalue weighted by Gasteiger charge is -2.26. The van der Waals surface area contributed by atoms with Crippen molar-refractivity contribution in [3.8, 4) is 11.5 Å². The van der Waals surface area contributed by atoms with E-state index in [1.165, 1.54) is 0 Å². The van der Waals surface area contributed by atoms with Gasteiger partial charge in [-0.05, 0) is 31.2 Å². The highest BCUT2D eigenvalue weighted by Gasteiger charge is 2.19. The first-order valence-corrected chi connectivity index (χ1v) is 7.52. The minimum atomic E-state index is 0.0558. The van der Waals surface area contributed by atoms with E-state index in [4.69, 9.17) is 9.47 Å². The van der Waals surface area contributed by atoms with Crippen LogP contribution in [0, 0.1) is 0 Å².